The van der Waals surface area contributed by atoms with Crippen LogP contribution in [0.2, 0.25) is 0 Å². The van der Waals surface area contributed by atoms with Crippen molar-refractivity contribution in [2.45, 2.75) is 0 Å². The number of halogens is 1. The summed E-state index contributed by atoms with van der Waals surface area (Å²) in [6, 6.07) is 19.4. The Bertz CT molecular complexity index is 968. The summed E-state index contributed by atoms with van der Waals surface area (Å²) in [5, 5.41) is 0. The Kier molecular flexibility index (Phi) is 5.74. The number of ketones is 1. The van der Waals surface area contributed by atoms with Crippen molar-refractivity contribution in [3.8, 4) is 11.3 Å². The summed E-state index contributed by atoms with van der Waals surface area (Å²) >= 11 is 3.43. The summed E-state index contributed by atoms with van der Waals surface area (Å²) in [6.45, 7) is 3.25. The third-order valence-electron chi connectivity index (χ3n) is 4.68. The molecule has 0 unspecified atom stereocenters. The molecule has 2 aromatic carbocycles. The van der Waals surface area contributed by atoms with Crippen molar-refractivity contribution in [3.05, 3.63) is 82.5 Å². The molecule has 0 saturated carbocycles. The molecule has 0 radical (unpaired) electrons. The summed E-state index contributed by atoms with van der Waals surface area (Å²) < 4.78 is 12.2. The molecule has 1 aliphatic rings. The van der Waals surface area contributed by atoms with Crippen LogP contribution in [0.15, 0.2) is 75.6 Å². The van der Waals surface area contributed by atoms with Crippen LogP contribution in [-0.4, -0.2) is 32.1 Å². The van der Waals surface area contributed by atoms with Crippen molar-refractivity contribution < 1.29 is 13.9 Å². The van der Waals surface area contributed by atoms with Gasteiger partial charge in [-0.2, -0.15) is 0 Å². The second kappa shape index (κ2) is 8.59. The van der Waals surface area contributed by atoms with Crippen LogP contribution in [-0.2, 0) is 4.74 Å². The zero-order chi connectivity index (χ0) is 19.3. The Balaban J connectivity index is 1.42. The van der Waals surface area contributed by atoms with E-state index in [1.165, 1.54) is 0 Å². The molecule has 1 aromatic heterocycles. The van der Waals surface area contributed by atoms with E-state index < -0.39 is 0 Å². The first-order chi connectivity index (χ1) is 13.7. The quantitative estimate of drug-likeness (QED) is 0.393. The smallest absolute Gasteiger partial charge is 0.185 e. The van der Waals surface area contributed by atoms with E-state index in [9.17, 15) is 4.79 Å². The molecule has 1 saturated heterocycles. The summed E-state index contributed by atoms with van der Waals surface area (Å²) in [7, 11) is 0. The molecular weight excluding hydrogens is 418 g/mol. The highest BCUT2D eigenvalue weighted by molar-refractivity contribution is 9.10. The summed E-state index contributed by atoms with van der Waals surface area (Å²) in [4.78, 5) is 14.7. The maximum atomic E-state index is 12.5. The van der Waals surface area contributed by atoms with Gasteiger partial charge in [0.05, 0.1) is 13.2 Å². The van der Waals surface area contributed by atoms with Crippen molar-refractivity contribution in [1.29, 1.82) is 0 Å². The molecule has 0 aliphatic carbocycles. The van der Waals surface area contributed by atoms with Crippen LogP contribution in [0.3, 0.4) is 0 Å². The topological polar surface area (TPSA) is 42.7 Å². The monoisotopic (exact) mass is 437 g/mol. The van der Waals surface area contributed by atoms with Gasteiger partial charge in [0.15, 0.2) is 5.78 Å². The Morgan fingerprint density at radius 3 is 2.36 bits per heavy atom. The number of allylic oxidation sites excluding steroid dienone is 1. The molecule has 0 spiro atoms. The van der Waals surface area contributed by atoms with Crippen LogP contribution in [0.25, 0.3) is 17.4 Å². The number of carbonyl (C=O) groups excluding carboxylic acids is 1. The van der Waals surface area contributed by atoms with Crippen LogP contribution in [0.4, 0.5) is 5.69 Å². The van der Waals surface area contributed by atoms with Gasteiger partial charge in [0.1, 0.15) is 11.5 Å². The molecule has 0 amide bonds. The van der Waals surface area contributed by atoms with Crippen molar-refractivity contribution in [2.75, 3.05) is 31.2 Å². The summed E-state index contributed by atoms with van der Waals surface area (Å²) in [5.74, 6) is 1.38. The molecule has 0 bridgehead atoms. The average molecular weight is 438 g/mol. The molecule has 2 heterocycles. The number of ether oxygens (including phenoxy) is 1. The van der Waals surface area contributed by atoms with E-state index in [4.69, 9.17) is 9.15 Å². The van der Waals surface area contributed by atoms with Gasteiger partial charge in [-0.3, -0.25) is 4.79 Å². The van der Waals surface area contributed by atoms with Crippen LogP contribution in [0.5, 0.6) is 0 Å². The fourth-order valence-corrected chi connectivity index (χ4v) is 3.39. The zero-order valence-electron chi connectivity index (χ0n) is 15.3. The van der Waals surface area contributed by atoms with Gasteiger partial charge in [0.25, 0.3) is 0 Å². The minimum atomic E-state index is -0.0462. The minimum absolute atomic E-state index is 0.0462. The molecule has 1 fully saturated rings. The fraction of sp³-hybridized carbons (Fsp3) is 0.174. The zero-order valence-corrected chi connectivity index (χ0v) is 16.9. The largest absolute Gasteiger partial charge is 0.457 e. The Morgan fingerprint density at radius 1 is 0.929 bits per heavy atom. The molecule has 5 heteroatoms. The van der Waals surface area contributed by atoms with Crippen LogP contribution < -0.4 is 4.90 Å². The molecule has 0 N–H and O–H groups in total. The molecule has 142 valence electrons. The number of hydrogen-bond acceptors (Lipinski definition) is 4. The highest BCUT2D eigenvalue weighted by Gasteiger charge is 2.11. The maximum Gasteiger partial charge on any atom is 0.185 e. The standard InChI is InChI=1S/C23H20BrNO3/c24-19-5-1-18(2-6-19)23-12-10-21(28-23)9-11-22(26)17-3-7-20(8-4-17)25-13-15-27-16-14-25/h1-12H,13-16H2/b11-9-. The van der Waals surface area contributed by atoms with Crippen molar-refractivity contribution in [2.24, 2.45) is 0 Å². The van der Waals surface area contributed by atoms with Crippen molar-refractivity contribution >= 4 is 33.5 Å². The van der Waals surface area contributed by atoms with Crippen LogP contribution in [0, 0.1) is 0 Å². The number of hydrogen-bond donors (Lipinski definition) is 0. The normalized spacial score (nSPS) is 14.5. The van der Waals surface area contributed by atoms with E-state index in [0.29, 0.717) is 11.3 Å². The lowest BCUT2D eigenvalue weighted by Crippen LogP contribution is -2.36. The van der Waals surface area contributed by atoms with E-state index in [1.54, 1.807) is 12.2 Å². The summed E-state index contributed by atoms with van der Waals surface area (Å²) in [5.41, 5.74) is 2.77. The van der Waals surface area contributed by atoms with Gasteiger partial charge in [0.2, 0.25) is 0 Å². The van der Waals surface area contributed by atoms with Gasteiger partial charge in [-0.1, -0.05) is 28.1 Å². The van der Waals surface area contributed by atoms with Crippen molar-refractivity contribution in [3.63, 3.8) is 0 Å². The predicted molar refractivity (Wildman–Crippen MR) is 115 cm³/mol. The lowest BCUT2D eigenvalue weighted by molar-refractivity contribution is 0.104. The number of anilines is 1. The van der Waals surface area contributed by atoms with Gasteiger partial charge in [-0.05, 0) is 60.7 Å². The summed E-state index contributed by atoms with van der Waals surface area (Å²) in [6.07, 6.45) is 3.26. The van der Waals surface area contributed by atoms with E-state index >= 15 is 0 Å². The second-order valence-corrected chi connectivity index (χ2v) is 7.47. The van der Waals surface area contributed by atoms with Crippen LogP contribution in [0.1, 0.15) is 16.1 Å². The highest BCUT2D eigenvalue weighted by Crippen LogP contribution is 2.24. The van der Waals surface area contributed by atoms with E-state index in [2.05, 4.69) is 20.8 Å². The van der Waals surface area contributed by atoms with E-state index in [1.807, 2.05) is 60.7 Å². The highest BCUT2D eigenvalue weighted by atomic mass is 79.9. The van der Waals surface area contributed by atoms with Gasteiger partial charge in [-0.15, -0.1) is 0 Å². The molecular formula is C23H20BrNO3. The maximum absolute atomic E-state index is 12.5. The van der Waals surface area contributed by atoms with Crippen molar-refractivity contribution in [1.82, 2.24) is 0 Å². The number of furan rings is 1. The van der Waals surface area contributed by atoms with Gasteiger partial charge in [0, 0.05) is 34.4 Å². The number of nitrogens with zero attached hydrogens (tertiary/aromatic N) is 1. The van der Waals surface area contributed by atoms with E-state index in [-0.39, 0.29) is 5.78 Å². The molecule has 0 atom stereocenters. The molecule has 4 rings (SSSR count). The molecule has 3 aromatic rings. The minimum Gasteiger partial charge on any atom is -0.457 e. The number of rotatable bonds is 5. The third kappa shape index (κ3) is 4.43. The first-order valence-electron chi connectivity index (χ1n) is 9.20. The predicted octanol–water partition coefficient (Wildman–Crippen LogP) is 5.44. The number of morpholine rings is 1. The Hall–Kier alpha value is -2.63. The molecule has 28 heavy (non-hydrogen) atoms. The Morgan fingerprint density at radius 2 is 1.64 bits per heavy atom. The lowest BCUT2D eigenvalue weighted by Gasteiger charge is -2.28. The van der Waals surface area contributed by atoms with E-state index in [0.717, 1.165) is 47.8 Å². The van der Waals surface area contributed by atoms with Gasteiger partial charge < -0.3 is 14.1 Å². The first-order valence-corrected chi connectivity index (χ1v) is 9.99. The number of benzene rings is 2. The molecule has 4 nitrogen and oxygen atoms in total. The molecule has 1 aliphatic heterocycles. The SMILES string of the molecule is O=C(/C=C\c1ccc(-c2ccc(Br)cc2)o1)c1ccc(N2CCOCC2)cc1. The lowest BCUT2D eigenvalue weighted by atomic mass is 10.1. The fourth-order valence-electron chi connectivity index (χ4n) is 3.12. The number of carbonyl (C=O) groups is 1. The van der Waals surface area contributed by atoms with Gasteiger partial charge >= 0.3 is 0 Å². The average Bonchev–Trinajstić information content (AvgIpc) is 3.22. The third-order valence-corrected chi connectivity index (χ3v) is 5.21. The Labute approximate surface area is 172 Å². The first kappa shape index (κ1) is 18.7. The second-order valence-electron chi connectivity index (χ2n) is 6.55. The van der Waals surface area contributed by atoms with Gasteiger partial charge in [-0.25, -0.2) is 0 Å². The van der Waals surface area contributed by atoms with Crippen LogP contribution >= 0.6 is 15.9 Å².